The Bertz CT molecular complexity index is 556. The molecule has 0 spiro atoms. The summed E-state index contributed by atoms with van der Waals surface area (Å²) in [6.45, 7) is 0.472. The Morgan fingerprint density at radius 3 is 2.78 bits per heavy atom. The number of nitrogens with one attached hydrogen (secondary N) is 1. The Balaban J connectivity index is 2.14. The molecule has 2 rings (SSSR count). The molecule has 5 N–H and O–H groups in total. The van der Waals surface area contributed by atoms with Crippen molar-refractivity contribution >= 4 is 17.4 Å². The minimum absolute atomic E-state index is 0.174. The standard InChI is InChI=1S/C12H13N5O/c13-9-4-5-10(11(14)18)17-12(9)16-7-8-3-1-2-6-15-8/h1-6H,7,13H2,(H2,14,18)(H,16,17). The molecule has 2 aromatic rings. The number of rotatable bonds is 4. The fraction of sp³-hybridized carbons (Fsp3) is 0.0833. The van der Waals surface area contributed by atoms with Gasteiger partial charge in [-0.25, -0.2) is 4.98 Å². The molecule has 0 aromatic carbocycles. The van der Waals surface area contributed by atoms with Crippen molar-refractivity contribution in [1.29, 1.82) is 0 Å². The largest absolute Gasteiger partial charge is 0.396 e. The molecule has 0 saturated carbocycles. The molecule has 0 saturated heterocycles. The Morgan fingerprint density at radius 1 is 1.28 bits per heavy atom. The Kier molecular flexibility index (Phi) is 3.38. The average Bonchev–Trinajstić information content (AvgIpc) is 2.38. The fourth-order valence-electron chi connectivity index (χ4n) is 1.43. The van der Waals surface area contributed by atoms with E-state index in [2.05, 4.69) is 15.3 Å². The van der Waals surface area contributed by atoms with Gasteiger partial charge in [0.1, 0.15) is 11.5 Å². The van der Waals surface area contributed by atoms with Gasteiger partial charge in [0.05, 0.1) is 17.9 Å². The van der Waals surface area contributed by atoms with Crippen molar-refractivity contribution in [3.63, 3.8) is 0 Å². The maximum absolute atomic E-state index is 11.0. The molecule has 2 heterocycles. The van der Waals surface area contributed by atoms with E-state index in [4.69, 9.17) is 11.5 Å². The van der Waals surface area contributed by atoms with Crippen LogP contribution < -0.4 is 16.8 Å². The molecule has 6 nitrogen and oxygen atoms in total. The van der Waals surface area contributed by atoms with Crippen molar-refractivity contribution < 1.29 is 4.79 Å². The Morgan fingerprint density at radius 2 is 2.11 bits per heavy atom. The van der Waals surface area contributed by atoms with Gasteiger partial charge in [-0.2, -0.15) is 0 Å². The minimum atomic E-state index is -0.587. The van der Waals surface area contributed by atoms with Gasteiger partial charge in [-0.1, -0.05) is 6.07 Å². The van der Waals surface area contributed by atoms with Crippen LogP contribution in [0.25, 0.3) is 0 Å². The van der Waals surface area contributed by atoms with E-state index in [1.807, 2.05) is 18.2 Å². The molecule has 1 amide bonds. The summed E-state index contributed by atoms with van der Waals surface area (Å²) in [6.07, 6.45) is 1.70. The molecule has 2 aromatic heterocycles. The zero-order valence-electron chi connectivity index (χ0n) is 9.63. The molecule has 0 aliphatic carbocycles. The highest BCUT2D eigenvalue weighted by Crippen LogP contribution is 2.16. The Hall–Kier alpha value is -2.63. The first kappa shape index (κ1) is 11.8. The fourth-order valence-corrected chi connectivity index (χ4v) is 1.43. The molecule has 0 aliphatic heterocycles. The van der Waals surface area contributed by atoms with E-state index in [-0.39, 0.29) is 5.69 Å². The monoisotopic (exact) mass is 243 g/mol. The molecule has 0 unspecified atom stereocenters. The number of nitrogens with two attached hydrogens (primary N) is 2. The molecule has 18 heavy (non-hydrogen) atoms. The van der Waals surface area contributed by atoms with Crippen molar-refractivity contribution in [3.05, 3.63) is 47.9 Å². The predicted molar refractivity (Wildman–Crippen MR) is 68.7 cm³/mol. The van der Waals surface area contributed by atoms with Crippen LogP contribution >= 0.6 is 0 Å². The van der Waals surface area contributed by atoms with E-state index in [1.165, 1.54) is 6.07 Å². The van der Waals surface area contributed by atoms with Gasteiger partial charge < -0.3 is 16.8 Å². The van der Waals surface area contributed by atoms with E-state index >= 15 is 0 Å². The molecular weight excluding hydrogens is 230 g/mol. The van der Waals surface area contributed by atoms with Crippen LogP contribution in [-0.2, 0) is 6.54 Å². The van der Waals surface area contributed by atoms with Gasteiger partial charge in [0, 0.05) is 6.20 Å². The first-order chi connectivity index (χ1) is 8.66. The lowest BCUT2D eigenvalue weighted by molar-refractivity contribution is 0.0996. The second-order valence-corrected chi connectivity index (χ2v) is 3.67. The van der Waals surface area contributed by atoms with Crippen LogP contribution in [0.2, 0.25) is 0 Å². The highest BCUT2D eigenvalue weighted by atomic mass is 16.1. The average molecular weight is 243 g/mol. The summed E-state index contributed by atoms with van der Waals surface area (Å²) in [5, 5.41) is 3.02. The van der Waals surface area contributed by atoms with Crippen molar-refractivity contribution in [2.45, 2.75) is 6.54 Å². The quantitative estimate of drug-likeness (QED) is 0.735. The lowest BCUT2D eigenvalue weighted by Gasteiger charge is -2.08. The predicted octanol–water partition coefficient (Wildman–Crippen LogP) is 0.770. The summed E-state index contributed by atoms with van der Waals surface area (Å²) in [4.78, 5) is 19.2. The number of nitrogen functional groups attached to an aromatic ring is 1. The third-order valence-electron chi connectivity index (χ3n) is 2.34. The van der Waals surface area contributed by atoms with Crippen LogP contribution in [0.15, 0.2) is 36.5 Å². The van der Waals surface area contributed by atoms with Crippen LogP contribution in [0.4, 0.5) is 11.5 Å². The van der Waals surface area contributed by atoms with Crippen LogP contribution in [-0.4, -0.2) is 15.9 Å². The van der Waals surface area contributed by atoms with Gasteiger partial charge in [0.15, 0.2) is 0 Å². The summed E-state index contributed by atoms with van der Waals surface area (Å²) < 4.78 is 0. The maximum atomic E-state index is 11.0. The third kappa shape index (κ3) is 2.73. The summed E-state index contributed by atoms with van der Waals surface area (Å²) >= 11 is 0. The third-order valence-corrected chi connectivity index (χ3v) is 2.34. The number of amides is 1. The SMILES string of the molecule is NC(=O)c1ccc(N)c(NCc2ccccn2)n1. The molecule has 0 radical (unpaired) electrons. The van der Waals surface area contributed by atoms with E-state index in [9.17, 15) is 4.79 Å². The summed E-state index contributed by atoms with van der Waals surface area (Å²) in [7, 11) is 0. The number of anilines is 2. The van der Waals surface area contributed by atoms with Crippen LogP contribution in [0.1, 0.15) is 16.2 Å². The highest BCUT2D eigenvalue weighted by Gasteiger charge is 2.06. The number of carbonyl (C=O) groups is 1. The Labute approximate surface area is 104 Å². The molecule has 92 valence electrons. The normalized spacial score (nSPS) is 10.0. The minimum Gasteiger partial charge on any atom is -0.396 e. The van der Waals surface area contributed by atoms with Gasteiger partial charge in [-0.15, -0.1) is 0 Å². The smallest absolute Gasteiger partial charge is 0.267 e. The van der Waals surface area contributed by atoms with Crippen molar-refractivity contribution in [3.8, 4) is 0 Å². The number of primary amides is 1. The van der Waals surface area contributed by atoms with Gasteiger partial charge in [-0.3, -0.25) is 9.78 Å². The number of nitrogens with zero attached hydrogens (tertiary/aromatic N) is 2. The molecular formula is C12H13N5O. The number of aromatic nitrogens is 2. The molecule has 0 atom stereocenters. The lowest BCUT2D eigenvalue weighted by atomic mass is 10.3. The molecule has 6 heteroatoms. The second kappa shape index (κ2) is 5.13. The number of carbonyl (C=O) groups excluding carboxylic acids is 1. The van der Waals surface area contributed by atoms with Crippen LogP contribution in [0.3, 0.4) is 0 Å². The number of hydrogen-bond donors (Lipinski definition) is 3. The zero-order valence-corrected chi connectivity index (χ0v) is 9.63. The first-order valence-electron chi connectivity index (χ1n) is 5.37. The molecule has 0 bridgehead atoms. The zero-order chi connectivity index (χ0) is 13.0. The van der Waals surface area contributed by atoms with Crippen molar-refractivity contribution in [2.75, 3.05) is 11.1 Å². The van der Waals surface area contributed by atoms with E-state index in [1.54, 1.807) is 12.3 Å². The molecule has 0 aliphatic rings. The first-order valence-corrected chi connectivity index (χ1v) is 5.37. The van der Waals surface area contributed by atoms with Crippen molar-refractivity contribution in [1.82, 2.24) is 9.97 Å². The van der Waals surface area contributed by atoms with E-state index in [0.717, 1.165) is 5.69 Å². The van der Waals surface area contributed by atoms with Gasteiger partial charge in [0.25, 0.3) is 5.91 Å². The summed E-state index contributed by atoms with van der Waals surface area (Å²) in [5.41, 5.74) is 12.4. The maximum Gasteiger partial charge on any atom is 0.267 e. The number of pyridine rings is 2. The molecule has 0 fully saturated rings. The highest BCUT2D eigenvalue weighted by molar-refractivity contribution is 5.91. The van der Waals surface area contributed by atoms with E-state index < -0.39 is 5.91 Å². The lowest BCUT2D eigenvalue weighted by Crippen LogP contribution is -2.15. The van der Waals surface area contributed by atoms with Gasteiger partial charge >= 0.3 is 0 Å². The van der Waals surface area contributed by atoms with Crippen molar-refractivity contribution in [2.24, 2.45) is 5.73 Å². The topological polar surface area (TPSA) is 107 Å². The number of hydrogen-bond acceptors (Lipinski definition) is 5. The van der Waals surface area contributed by atoms with Gasteiger partial charge in [-0.05, 0) is 24.3 Å². The summed E-state index contributed by atoms with van der Waals surface area (Å²) in [6, 6.07) is 8.68. The second-order valence-electron chi connectivity index (χ2n) is 3.67. The van der Waals surface area contributed by atoms with Crippen LogP contribution in [0, 0.1) is 0 Å². The van der Waals surface area contributed by atoms with Gasteiger partial charge in [0.2, 0.25) is 0 Å². The van der Waals surface area contributed by atoms with Crippen LogP contribution in [0.5, 0.6) is 0 Å². The summed E-state index contributed by atoms with van der Waals surface area (Å²) in [5.74, 6) is -0.159. The van der Waals surface area contributed by atoms with E-state index in [0.29, 0.717) is 18.1 Å².